The minimum atomic E-state index is -0.0255. The van der Waals surface area contributed by atoms with Crippen LogP contribution in [0.4, 0.5) is 0 Å². The number of aryl methyl sites for hydroxylation is 1. The van der Waals surface area contributed by atoms with Gasteiger partial charge in [0, 0.05) is 31.6 Å². The Labute approximate surface area is 163 Å². The van der Waals surface area contributed by atoms with Crippen LogP contribution in [0.5, 0.6) is 0 Å². The molecule has 0 radical (unpaired) electrons. The Morgan fingerprint density at radius 1 is 1.00 bits per heavy atom. The van der Waals surface area contributed by atoms with Crippen molar-refractivity contribution < 1.29 is 13.9 Å². The van der Waals surface area contributed by atoms with Crippen LogP contribution in [0.15, 0.2) is 59.0 Å². The molecule has 1 atom stereocenters. The minimum absolute atomic E-state index is 0.0255. The summed E-state index contributed by atoms with van der Waals surface area (Å²) in [6.45, 7) is 1.36. The summed E-state index contributed by atoms with van der Waals surface area (Å²) in [6, 6.07) is 18.2. The molecule has 1 amide bonds. The summed E-state index contributed by atoms with van der Waals surface area (Å²) in [7, 11) is 0. The highest BCUT2D eigenvalue weighted by molar-refractivity contribution is 5.76. The van der Waals surface area contributed by atoms with Crippen LogP contribution >= 0.6 is 0 Å². The van der Waals surface area contributed by atoms with Crippen LogP contribution in [0.2, 0.25) is 0 Å². The molecule has 2 aromatic carbocycles. The van der Waals surface area contributed by atoms with E-state index in [1.54, 1.807) is 0 Å². The molecule has 0 aliphatic carbocycles. The standard InChI is InChI=1S/C22H23N3O3/c26-20(23-15-19-7-4-14-27-19)12-13-21-24-25-22(28-21)18-10-8-17(9-11-18)16-5-2-1-3-6-16/h1-3,5-6,8-11,19H,4,7,12-15H2,(H,23,26). The molecule has 1 fully saturated rings. The van der Waals surface area contributed by atoms with Gasteiger partial charge in [-0.05, 0) is 36.1 Å². The summed E-state index contributed by atoms with van der Waals surface area (Å²) in [5.74, 6) is 0.909. The van der Waals surface area contributed by atoms with E-state index in [2.05, 4.69) is 27.6 Å². The van der Waals surface area contributed by atoms with Crippen LogP contribution in [-0.4, -0.2) is 35.4 Å². The van der Waals surface area contributed by atoms with Gasteiger partial charge in [-0.2, -0.15) is 0 Å². The fourth-order valence-corrected chi connectivity index (χ4v) is 3.25. The van der Waals surface area contributed by atoms with E-state index in [1.807, 2.05) is 42.5 Å². The number of carbonyl (C=O) groups is 1. The van der Waals surface area contributed by atoms with E-state index in [0.29, 0.717) is 31.2 Å². The lowest BCUT2D eigenvalue weighted by atomic mass is 10.0. The lowest BCUT2D eigenvalue weighted by Crippen LogP contribution is -2.31. The van der Waals surface area contributed by atoms with Crippen LogP contribution in [0.25, 0.3) is 22.6 Å². The van der Waals surface area contributed by atoms with Gasteiger partial charge in [0.1, 0.15) is 0 Å². The molecule has 2 heterocycles. The van der Waals surface area contributed by atoms with Gasteiger partial charge in [0.15, 0.2) is 0 Å². The normalized spacial score (nSPS) is 16.2. The molecule has 1 aliphatic rings. The van der Waals surface area contributed by atoms with Gasteiger partial charge in [0.25, 0.3) is 0 Å². The zero-order valence-corrected chi connectivity index (χ0v) is 15.6. The third-order valence-corrected chi connectivity index (χ3v) is 4.82. The Kier molecular flexibility index (Phi) is 5.77. The lowest BCUT2D eigenvalue weighted by molar-refractivity contribution is -0.121. The highest BCUT2D eigenvalue weighted by Crippen LogP contribution is 2.24. The molecular weight excluding hydrogens is 354 g/mol. The van der Waals surface area contributed by atoms with Crippen molar-refractivity contribution >= 4 is 5.91 Å². The number of ether oxygens (including phenoxy) is 1. The Morgan fingerprint density at radius 3 is 2.50 bits per heavy atom. The Hall–Kier alpha value is -2.99. The molecule has 0 spiro atoms. The summed E-state index contributed by atoms with van der Waals surface area (Å²) >= 11 is 0. The Bertz CT molecular complexity index is 900. The predicted molar refractivity (Wildman–Crippen MR) is 105 cm³/mol. The summed E-state index contributed by atoms with van der Waals surface area (Å²) in [4.78, 5) is 12.0. The highest BCUT2D eigenvalue weighted by Gasteiger charge is 2.16. The van der Waals surface area contributed by atoms with E-state index in [1.165, 1.54) is 0 Å². The maximum absolute atomic E-state index is 12.0. The smallest absolute Gasteiger partial charge is 0.247 e. The number of amides is 1. The molecule has 1 saturated heterocycles. The van der Waals surface area contributed by atoms with Gasteiger partial charge in [-0.1, -0.05) is 42.5 Å². The number of nitrogens with one attached hydrogen (secondary N) is 1. The summed E-state index contributed by atoms with van der Waals surface area (Å²) in [5.41, 5.74) is 3.16. The molecule has 144 valence electrons. The van der Waals surface area contributed by atoms with Crippen LogP contribution < -0.4 is 5.32 Å². The second kappa shape index (κ2) is 8.80. The number of nitrogens with zero attached hydrogens (tertiary/aromatic N) is 2. The van der Waals surface area contributed by atoms with E-state index in [4.69, 9.17) is 9.15 Å². The Morgan fingerprint density at radius 2 is 1.75 bits per heavy atom. The zero-order valence-electron chi connectivity index (χ0n) is 15.6. The second-order valence-corrected chi connectivity index (χ2v) is 6.88. The number of hydrogen-bond acceptors (Lipinski definition) is 5. The Balaban J connectivity index is 1.30. The first-order valence-corrected chi connectivity index (χ1v) is 9.64. The number of carbonyl (C=O) groups excluding carboxylic acids is 1. The number of aromatic nitrogens is 2. The molecule has 1 aromatic heterocycles. The van der Waals surface area contributed by atoms with Crippen LogP contribution in [0, 0.1) is 0 Å². The number of hydrogen-bond donors (Lipinski definition) is 1. The fourth-order valence-electron chi connectivity index (χ4n) is 3.25. The molecule has 0 saturated carbocycles. The average molecular weight is 377 g/mol. The van der Waals surface area contributed by atoms with Gasteiger partial charge >= 0.3 is 0 Å². The third-order valence-electron chi connectivity index (χ3n) is 4.82. The predicted octanol–water partition coefficient (Wildman–Crippen LogP) is 3.63. The molecule has 1 unspecified atom stereocenters. The van der Waals surface area contributed by atoms with Gasteiger partial charge in [-0.25, -0.2) is 0 Å². The van der Waals surface area contributed by atoms with Crippen molar-refractivity contribution in [2.24, 2.45) is 0 Å². The first kappa shape index (κ1) is 18.4. The highest BCUT2D eigenvalue weighted by atomic mass is 16.5. The van der Waals surface area contributed by atoms with Gasteiger partial charge in [-0.15, -0.1) is 10.2 Å². The minimum Gasteiger partial charge on any atom is -0.421 e. The van der Waals surface area contributed by atoms with Gasteiger partial charge < -0.3 is 14.5 Å². The molecule has 1 aliphatic heterocycles. The maximum Gasteiger partial charge on any atom is 0.247 e. The van der Waals surface area contributed by atoms with Gasteiger partial charge in [0.2, 0.25) is 17.7 Å². The van der Waals surface area contributed by atoms with Gasteiger partial charge in [0.05, 0.1) is 6.10 Å². The van der Waals surface area contributed by atoms with Crippen LogP contribution in [-0.2, 0) is 16.0 Å². The molecule has 3 aromatic rings. The van der Waals surface area contributed by atoms with E-state index in [9.17, 15) is 4.79 Å². The summed E-state index contributed by atoms with van der Waals surface area (Å²) in [5, 5.41) is 11.1. The third kappa shape index (κ3) is 4.64. The second-order valence-electron chi connectivity index (χ2n) is 6.88. The van der Waals surface area contributed by atoms with Crippen molar-refractivity contribution in [2.75, 3.05) is 13.2 Å². The number of benzene rings is 2. The SMILES string of the molecule is O=C(CCc1nnc(-c2ccc(-c3ccccc3)cc2)o1)NCC1CCCO1. The zero-order chi connectivity index (χ0) is 19.2. The first-order chi connectivity index (χ1) is 13.8. The van der Waals surface area contributed by atoms with Crippen molar-refractivity contribution in [3.63, 3.8) is 0 Å². The monoisotopic (exact) mass is 377 g/mol. The van der Waals surface area contributed by atoms with E-state index in [-0.39, 0.29) is 12.0 Å². The van der Waals surface area contributed by atoms with E-state index >= 15 is 0 Å². The topological polar surface area (TPSA) is 77.2 Å². The van der Waals surface area contributed by atoms with Gasteiger partial charge in [-0.3, -0.25) is 4.79 Å². The van der Waals surface area contributed by atoms with Crippen molar-refractivity contribution in [2.45, 2.75) is 31.8 Å². The molecular formula is C22H23N3O3. The van der Waals surface area contributed by atoms with Crippen molar-refractivity contribution in [3.8, 4) is 22.6 Å². The maximum atomic E-state index is 12.0. The van der Waals surface area contributed by atoms with Crippen molar-refractivity contribution in [1.29, 1.82) is 0 Å². The summed E-state index contributed by atoms with van der Waals surface area (Å²) < 4.78 is 11.2. The molecule has 0 bridgehead atoms. The quantitative estimate of drug-likeness (QED) is 0.680. The first-order valence-electron chi connectivity index (χ1n) is 9.64. The number of rotatable bonds is 7. The van der Waals surface area contributed by atoms with Crippen molar-refractivity contribution in [3.05, 3.63) is 60.5 Å². The molecule has 6 nitrogen and oxygen atoms in total. The van der Waals surface area contributed by atoms with Crippen LogP contribution in [0.3, 0.4) is 0 Å². The average Bonchev–Trinajstić information content (AvgIpc) is 3.44. The van der Waals surface area contributed by atoms with Crippen LogP contribution in [0.1, 0.15) is 25.2 Å². The van der Waals surface area contributed by atoms with Crippen molar-refractivity contribution in [1.82, 2.24) is 15.5 Å². The fraction of sp³-hybridized carbons (Fsp3) is 0.318. The lowest BCUT2D eigenvalue weighted by Gasteiger charge is -2.10. The van der Waals surface area contributed by atoms with E-state index < -0.39 is 0 Å². The largest absolute Gasteiger partial charge is 0.421 e. The molecule has 28 heavy (non-hydrogen) atoms. The summed E-state index contributed by atoms with van der Waals surface area (Å²) in [6.07, 6.45) is 2.97. The van der Waals surface area contributed by atoms with E-state index in [0.717, 1.165) is 36.1 Å². The molecule has 1 N–H and O–H groups in total. The molecule has 4 rings (SSSR count). The molecule has 6 heteroatoms.